The maximum Gasteiger partial charge on any atom is 0.226 e. The van der Waals surface area contributed by atoms with Crippen molar-refractivity contribution in [3.63, 3.8) is 0 Å². The van der Waals surface area contributed by atoms with Gasteiger partial charge in [-0.05, 0) is 18.2 Å². The molecule has 11 heteroatoms. The molecule has 0 atom stereocenters. The average Bonchev–Trinajstić information content (AvgIpc) is 3.45. The van der Waals surface area contributed by atoms with E-state index >= 15 is 4.39 Å². The van der Waals surface area contributed by atoms with Crippen LogP contribution in [0.5, 0.6) is 0 Å². The fraction of sp³-hybridized carbons (Fsp3) is 0.304. The maximum atomic E-state index is 16.3. The minimum atomic E-state index is -0.606. The lowest BCUT2D eigenvalue weighted by Gasteiger charge is -2.32. The number of piperazine rings is 1. The van der Waals surface area contributed by atoms with Crippen molar-refractivity contribution in [3.8, 4) is 17.3 Å². The van der Waals surface area contributed by atoms with Crippen LogP contribution < -0.4 is 10.6 Å². The summed E-state index contributed by atoms with van der Waals surface area (Å²) in [6, 6.07) is 2.02. The molecule has 1 aromatic carbocycles. The lowest BCUT2D eigenvalue weighted by molar-refractivity contribution is 0.135. The number of hydrogen-bond donors (Lipinski definition) is 1. The number of nitrogen functional groups attached to an aromatic ring is 1. The van der Waals surface area contributed by atoms with Crippen LogP contribution in [0.1, 0.15) is 16.7 Å². The number of rotatable bonds is 2. The van der Waals surface area contributed by atoms with E-state index in [4.69, 9.17) is 10.5 Å². The second kappa shape index (κ2) is 7.80. The number of halogens is 2. The van der Waals surface area contributed by atoms with Crippen molar-refractivity contribution in [1.29, 1.82) is 5.26 Å². The molecule has 3 aromatic heterocycles. The number of nitriles is 1. The van der Waals surface area contributed by atoms with Gasteiger partial charge in [-0.1, -0.05) is 0 Å². The Bertz CT molecular complexity index is 1520. The first-order chi connectivity index (χ1) is 16.5. The molecule has 34 heavy (non-hydrogen) atoms. The molecule has 2 aliphatic heterocycles. The minimum Gasteiger partial charge on any atom is -0.389 e. The number of nitrogens with zero attached hydrogens (tertiary/aromatic N) is 6. The highest BCUT2D eigenvalue weighted by atomic mass is 32.1. The Balaban J connectivity index is 1.63. The zero-order chi connectivity index (χ0) is 23.6. The van der Waals surface area contributed by atoms with Crippen molar-refractivity contribution in [2.45, 2.75) is 13.2 Å². The number of pyridine rings is 1. The van der Waals surface area contributed by atoms with E-state index in [0.29, 0.717) is 16.9 Å². The summed E-state index contributed by atoms with van der Waals surface area (Å²) in [7, 11) is 2.05. The molecule has 2 N–H and O–H groups in total. The molecule has 2 aliphatic rings. The third kappa shape index (κ3) is 3.03. The fourth-order valence-electron chi connectivity index (χ4n) is 4.70. The second-order valence-electron chi connectivity index (χ2n) is 8.47. The first kappa shape index (κ1) is 21.1. The molecule has 0 radical (unpaired) electrons. The molecule has 172 valence electrons. The van der Waals surface area contributed by atoms with E-state index in [1.165, 1.54) is 0 Å². The monoisotopic (exact) mass is 479 g/mol. The number of likely N-dealkylation sites (N-methyl/N-ethyl adjacent to an activating group) is 1. The Labute approximate surface area is 197 Å². The summed E-state index contributed by atoms with van der Waals surface area (Å²) in [6.07, 6.45) is 2.68. The maximum absolute atomic E-state index is 16.3. The summed E-state index contributed by atoms with van der Waals surface area (Å²) in [5.41, 5.74) is 7.96. The number of hydrogen-bond acceptors (Lipinski definition) is 9. The zero-order valence-electron chi connectivity index (χ0n) is 18.2. The zero-order valence-corrected chi connectivity index (χ0v) is 19.0. The number of nitrogens with two attached hydrogens (primary N) is 1. The van der Waals surface area contributed by atoms with Crippen molar-refractivity contribution in [1.82, 2.24) is 19.9 Å². The molecule has 1 saturated heterocycles. The molecule has 0 spiro atoms. The Morgan fingerprint density at radius 3 is 2.65 bits per heavy atom. The van der Waals surface area contributed by atoms with Crippen LogP contribution in [0.4, 0.5) is 19.7 Å². The van der Waals surface area contributed by atoms with Gasteiger partial charge in [-0.25, -0.2) is 18.7 Å². The molecule has 8 nitrogen and oxygen atoms in total. The molecule has 0 saturated carbocycles. The molecule has 1 fully saturated rings. The standard InChI is InChI=1S/C23H19F2N7OS/c1-31-2-4-32(5-3-31)23-29-7-12-13-9-33-10-14(13)16(18(25)19(12)30-23)20-17-11(6-26)22(27)34-21(17)15(24)8-28-20/h7-8H,2-5,9-10,27H2,1H3. The SMILES string of the molecule is CN1CCN(c2ncc3c4c(c(-c5ncc(F)c6sc(N)c(C#N)c56)c(F)c3n2)COC4)CC1. The van der Waals surface area contributed by atoms with Crippen LogP contribution in [0.15, 0.2) is 12.4 Å². The Hall–Kier alpha value is -3.46. The normalized spacial score (nSPS) is 16.4. The first-order valence-electron chi connectivity index (χ1n) is 10.8. The van der Waals surface area contributed by atoms with Crippen molar-refractivity contribution >= 4 is 43.3 Å². The minimum absolute atomic E-state index is 0.0926. The van der Waals surface area contributed by atoms with E-state index in [1.807, 2.05) is 11.0 Å². The van der Waals surface area contributed by atoms with Crippen LogP contribution in [0, 0.1) is 23.0 Å². The van der Waals surface area contributed by atoms with Crippen LogP contribution in [0.3, 0.4) is 0 Å². The summed E-state index contributed by atoms with van der Waals surface area (Å²) in [4.78, 5) is 17.6. The highest BCUT2D eigenvalue weighted by Gasteiger charge is 2.30. The summed E-state index contributed by atoms with van der Waals surface area (Å²) in [5, 5.41) is 10.6. The summed E-state index contributed by atoms with van der Waals surface area (Å²) >= 11 is 0.953. The van der Waals surface area contributed by atoms with Gasteiger partial charge < -0.3 is 20.3 Å². The molecule has 0 amide bonds. The highest BCUT2D eigenvalue weighted by Crippen LogP contribution is 2.44. The quantitative estimate of drug-likeness (QED) is 0.466. The molecule has 0 unspecified atom stereocenters. The van der Waals surface area contributed by atoms with Gasteiger partial charge in [0.15, 0.2) is 11.6 Å². The van der Waals surface area contributed by atoms with Crippen molar-refractivity contribution in [2.24, 2.45) is 0 Å². The Kier molecular flexibility index (Phi) is 4.84. The largest absolute Gasteiger partial charge is 0.389 e. The van der Waals surface area contributed by atoms with E-state index in [9.17, 15) is 9.65 Å². The van der Waals surface area contributed by atoms with Crippen LogP contribution in [0.2, 0.25) is 0 Å². The van der Waals surface area contributed by atoms with Crippen LogP contribution in [-0.4, -0.2) is 53.1 Å². The number of anilines is 2. The van der Waals surface area contributed by atoms with Gasteiger partial charge in [-0.3, -0.25) is 4.98 Å². The third-order valence-corrected chi connectivity index (χ3v) is 7.55. The fourth-order valence-corrected chi connectivity index (χ4v) is 5.62. The van der Waals surface area contributed by atoms with Crippen molar-refractivity contribution in [2.75, 3.05) is 43.9 Å². The topological polar surface area (TPSA) is 104 Å². The van der Waals surface area contributed by atoms with E-state index in [-0.39, 0.29) is 50.6 Å². The summed E-state index contributed by atoms with van der Waals surface area (Å²) in [6.45, 7) is 3.65. The predicted octanol–water partition coefficient (Wildman–Crippen LogP) is 3.42. The van der Waals surface area contributed by atoms with Crippen LogP contribution in [0.25, 0.3) is 32.2 Å². The lowest BCUT2D eigenvalue weighted by atomic mass is 9.94. The van der Waals surface area contributed by atoms with Crippen molar-refractivity contribution in [3.05, 3.63) is 40.7 Å². The van der Waals surface area contributed by atoms with Gasteiger partial charge in [0.05, 0.1) is 35.4 Å². The lowest BCUT2D eigenvalue weighted by Crippen LogP contribution is -2.45. The number of thiophene rings is 1. The molecule has 0 aliphatic carbocycles. The highest BCUT2D eigenvalue weighted by molar-refractivity contribution is 7.23. The number of benzene rings is 1. The number of aromatic nitrogens is 3. The third-order valence-electron chi connectivity index (χ3n) is 6.52. The second-order valence-corrected chi connectivity index (χ2v) is 9.53. The molecule has 5 heterocycles. The predicted molar refractivity (Wildman–Crippen MR) is 125 cm³/mol. The van der Waals surface area contributed by atoms with Crippen LogP contribution >= 0.6 is 11.3 Å². The van der Waals surface area contributed by atoms with E-state index in [2.05, 4.69) is 26.9 Å². The Morgan fingerprint density at radius 1 is 1.12 bits per heavy atom. The smallest absolute Gasteiger partial charge is 0.226 e. The number of ether oxygens (including phenoxy) is 1. The van der Waals surface area contributed by atoms with Gasteiger partial charge in [0.1, 0.15) is 16.6 Å². The Morgan fingerprint density at radius 2 is 1.88 bits per heavy atom. The van der Waals surface area contributed by atoms with Crippen LogP contribution in [-0.2, 0) is 18.0 Å². The van der Waals surface area contributed by atoms with Gasteiger partial charge in [0.25, 0.3) is 0 Å². The summed E-state index contributed by atoms with van der Waals surface area (Å²) < 4.78 is 36.7. The molecular formula is C23H19F2N7OS. The van der Waals surface area contributed by atoms with E-state index < -0.39 is 11.6 Å². The van der Waals surface area contributed by atoms with Gasteiger partial charge in [0.2, 0.25) is 5.95 Å². The average molecular weight is 480 g/mol. The number of fused-ring (bicyclic) bond motifs is 4. The molecular weight excluding hydrogens is 460 g/mol. The van der Waals surface area contributed by atoms with E-state index in [0.717, 1.165) is 49.3 Å². The van der Waals surface area contributed by atoms with Gasteiger partial charge in [-0.15, -0.1) is 11.3 Å². The summed E-state index contributed by atoms with van der Waals surface area (Å²) in [5.74, 6) is -0.740. The molecule has 4 aromatic rings. The molecule has 0 bridgehead atoms. The van der Waals surface area contributed by atoms with Crippen molar-refractivity contribution < 1.29 is 13.5 Å². The first-order valence-corrected chi connectivity index (χ1v) is 11.6. The van der Waals surface area contributed by atoms with Gasteiger partial charge in [0, 0.05) is 48.7 Å². The molecule has 6 rings (SSSR count). The van der Waals surface area contributed by atoms with Gasteiger partial charge in [-0.2, -0.15) is 5.26 Å². The van der Waals surface area contributed by atoms with Gasteiger partial charge >= 0.3 is 0 Å². The van der Waals surface area contributed by atoms with E-state index in [1.54, 1.807) is 6.20 Å².